The third-order valence-corrected chi connectivity index (χ3v) is 5.93. The summed E-state index contributed by atoms with van der Waals surface area (Å²) < 4.78 is 1.97. The van der Waals surface area contributed by atoms with Gasteiger partial charge in [0.15, 0.2) is 0 Å². The molecule has 7 nitrogen and oxygen atoms in total. The first kappa shape index (κ1) is 15.5. The standard InChI is InChI=1S/C18H15N5O2S/c24-23(25)14-6-5-13-15-16(12-4-3-7-19-18(12)26-17(14)15)20-22(13)11-10-21-8-1-2-9-21/h1-7H,8-11H2. The van der Waals surface area contributed by atoms with Crippen molar-refractivity contribution in [3.8, 4) is 11.3 Å². The van der Waals surface area contributed by atoms with Crippen molar-refractivity contribution < 1.29 is 4.92 Å². The highest BCUT2D eigenvalue weighted by atomic mass is 32.2. The normalized spacial score (nSPS) is 15.5. The van der Waals surface area contributed by atoms with Crippen LogP contribution in [0.3, 0.4) is 0 Å². The summed E-state index contributed by atoms with van der Waals surface area (Å²) in [6.45, 7) is 3.56. The summed E-state index contributed by atoms with van der Waals surface area (Å²) in [5.74, 6) is 0. The van der Waals surface area contributed by atoms with Gasteiger partial charge in [0.25, 0.3) is 5.69 Å². The van der Waals surface area contributed by atoms with E-state index < -0.39 is 0 Å². The average molecular weight is 365 g/mol. The Kier molecular flexibility index (Phi) is 3.54. The van der Waals surface area contributed by atoms with E-state index in [1.54, 1.807) is 12.3 Å². The predicted molar refractivity (Wildman–Crippen MR) is 99.3 cm³/mol. The first-order valence-corrected chi connectivity index (χ1v) is 9.22. The molecular formula is C18H15N5O2S. The van der Waals surface area contributed by atoms with Crippen LogP contribution >= 0.6 is 11.8 Å². The first-order chi connectivity index (χ1) is 12.7. The number of aromatic nitrogens is 3. The maximum Gasteiger partial charge on any atom is 0.284 e. The Labute approximate surface area is 153 Å². The molecule has 0 amide bonds. The molecule has 0 atom stereocenters. The van der Waals surface area contributed by atoms with E-state index >= 15 is 0 Å². The van der Waals surface area contributed by atoms with Crippen molar-refractivity contribution in [1.29, 1.82) is 0 Å². The fourth-order valence-corrected chi connectivity index (χ4v) is 4.66. The molecule has 4 heterocycles. The second-order valence-electron chi connectivity index (χ2n) is 6.33. The smallest absolute Gasteiger partial charge is 0.284 e. The van der Waals surface area contributed by atoms with Crippen molar-refractivity contribution >= 4 is 28.4 Å². The lowest BCUT2D eigenvalue weighted by Gasteiger charge is -2.14. The Morgan fingerprint density at radius 1 is 1.19 bits per heavy atom. The molecule has 2 aliphatic heterocycles. The molecule has 3 aromatic rings. The van der Waals surface area contributed by atoms with Crippen LogP contribution in [0, 0.1) is 10.1 Å². The van der Waals surface area contributed by atoms with Gasteiger partial charge in [-0.15, -0.1) is 0 Å². The third kappa shape index (κ3) is 2.33. The molecule has 8 heteroatoms. The minimum absolute atomic E-state index is 0.114. The lowest BCUT2D eigenvalue weighted by molar-refractivity contribution is -0.387. The molecule has 0 spiro atoms. The Bertz CT molecular complexity index is 1070. The molecule has 130 valence electrons. The number of benzene rings is 1. The lowest BCUT2D eigenvalue weighted by atomic mass is 10.1. The zero-order chi connectivity index (χ0) is 17.7. The van der Waals surface area contributed by atoms with Crippen LogP contribution in [0.15, 0.2) is 52.5 Å². The second kappa shape index (κ2) is 5.93. The van der Waals surface area contributed by atoms with Crippen molar-refractivity contribution in [3.05, 3.63) is 52.7 Å². The van der Waals surface area contributed by atoms with E-state index in [0.717, 1.165) is 53.4 Å². The number of hydrogen-bond acceptors (Lipinski definition) is 6. The minimum Gasteiger partial charge on any atom is -0.294 e. The maximum atomic E-state index is 11.5. The van der Waals surface area contributed by atoms with E-state index in [0.29, 0.717) is 4.90 Å². The first-order valence-electron chi connectivity index (χ1n) is 8.41. The van der Waals surface area contributed by atoms with E-state index in [4.69, 9.17) is 5.10 Å². The van der Waals surface area contributed by atoms with Crippen molar-refractivity contribution in [2.24, 2.45) is 0 Å². The van der Waals surface area contributed by atoms with Crippen LogP contribution in [0.4, 0.5) is 5.69 Å². The van der Waals surface area contributed by atoms with Crippen LogP contribution in [0.2, 0.25) is 0 Å². The number of nitro groups is 1. The Morgan fingerprint density at radius 2 is 2.04 bits per heavy atom. The van der Waals surface area contributed by atoms with Gasteiger partial charge in [-0.3, -0.25) is 19.7 Å². The average Bonchev–Trinajstić information content (AvgIpc) is 3.29. The Balaban J connectivity index is 1.66. The van der Waals surface area contributed by atoms with Gasteiger partial charge in [0, 0.05) is 42.8 Å². The minimum atomic E-state index is -0.327. The molecule has 2 aliphatic rings. The highest BCUT2D eigenvalue weighted by Crippen LogP contribution is 2.49. The van der Waals surface area contributed by atoms with Crippen molar-refractivity contribution in [2.45, 2.75) is 16.5 Å². The monoisotopic (exact) mass is 365 g/mol. The highest BCUT2D eigenvalue weighted by Gasteiger charge is 2.30. The van der Waals surface area contributed by atoms with E-state index in [1.165, 1.54) is 11.8 Å². The van der Waals surface area contributed by atoms with E-state index in [-0.39, 0.29) is 10.6 Å². The molecule has 0 bridgehead atoms. The molecular weight excluding hydrogens is 350 g/mol. The fourth-order valence-electron chi connectivity index (χ4n) is 3.53. The van der Waals surface area contributed by atoms with Crippen LogP contribution < -0.4 is 0 Å². The maximum absolute atomic E-state index is 11.5. The molecule has 0 aliphatic carbocycles. The molecule has 0 saturated heterocycles. The van der Waals surface area contributed by atoms with Gasteiger partial charge in [-0.25, -0.2) is 4.98 Å². The molecule has 2 aromatic heterocycles. The molecule has 0 radical (unpaired) electrons. The van der Waals surface area contributed by atoms with Crippen LogP contribution in [-0.2, 0) is 6.54 Å². The van der Waals surface area contributed by atoms with Crippen LogP contribution in [-0.4, -0.2) is 44.2 Å². The topological polar surface area (TPSA) is 77.1 Å². The zero-order valence-electron chi connectivity index (χ0n) is 13.8. The lowest BCUT2D eigenvalue weighted by Crippen LogP contribution is -2.25. The second-order valence-corrected chi connectivity index (χ2v) is 7.33. The highest BCUT2D eigenvalue weighted by molar-refractivity contribution is 7.99. The van der Waals surface area contributed by atoms with Crippen LogP contribution in [0.5, 0.6) is 0 Å². The van der Waals surface area contributed by atoms with Crippen LogP contribution in [0.25, 0.3) is 22.2 Å². The molecule has 5 rings (SSSR count). The van der Waals surface area contributed by atoms with E-state index in [9.17, 15) is 10.1 Å². The number of hydrogen-bond donors (Lipinski definition) is 0. The van der Waals surface area contributed by atoms with Gasteiger partial charge >= 0.3 is 0 Å². The molecule has 0 fully saturated rings. The quantitative estimate of drug-likeness (QED) is 0.314. The summed E-state index contributed by atoms with van der Waals surface area (Å²) >= 11 is 1.36. The van der Waals surface area contributed by atoms with Crippen molar-refractivity contribution in [1.82, 2.24) is 19.7 Å². The van der Waals surface area contributed by atoms with Gasteiger partial charge in [0.05, 0.1) is 17.0 Å². The summed E-state index contributed by atoms with van der Waals surface area (Å²) in [5, 5.41) is 18.0. The molecule has 0 unspecified atom stereocenters. The summed E-state index contributed by atoms with van der Waals surface area (Å²) in [4.78, 5) is 18.6. The molecule has 26 heavy (non-hydrogen) atoms. The molecule has 0 saturated carbocycles. The van der Waals surface area contributed by atoms with Gasteiger partial charge in [-0.2, -0.15) is 5.10 Å². The number of nitro benzene ring substituents is 1. The van der Waals surface area contributed by atoms with Crippen molar-refractivity contribution in [3.63, 3.8) is 0 Å². The van der Waals surface area contributed by atoms with Gasteiger partial charge in [-0.1, -0.05) is 23.9 Å². The Morgan fingerprint density at radius 3 is 2.85 bits per heavy atom. The number of fused-ring (bicyclic) bond motifs is 2. The fraction of sp³-hybridized carbons (Fsp3) is 0.222. The van der Waals surface area contributed by atoms with Crippen molar-refractivity contribution in [2.75, 3.05) is 19.6 Å². The molecule has 0 N–H and O–H groups in total. The SMILES string of the molecule is O=[N+]([O-])c1ccc2c3c(nn2CCN2CC=CC2)-c2cccnc2Sc13. The largest absolute Gasteiger partial charge is 0.294 e. The zero-order valence-corrected chi connectivity index (χ0v) is 14.6. The van der Waals surface area contributed by atoms with Gasteiger partial charge in [0.1, 0.15) is 15.6 Å². The number of pyridine rings is 1. The van der Waals surface area contributed by atoms with Crippen LogP contribution in [0.1, 0.15) is 0 Å². The van der Waals surface area contributed by atoms with Gasteiger partial charge in [-0.05, 0) is 18.2 Å². The predicted octanol–water partition coefficient (Wildman–Crippen LogP) is 3.34. The van der Waals surface area contributed by atoms with E-state index in [2.05, 4.69) is 22.0 Å². The summed E-state index contributed by atoms with van der Waals surface area (Å²) in [6.07, 6.45) is 6.04. The van der Waals surface area contributed by atoms with Gasteiger partial charge < -0.3 is 0 Å². The summed E-state index contributed by atoms with van der Waals surface area (Å²) in [6, 6.07) is 7.26. The summed E-state index contributed by atoms with van der Waals surface area (Å²) in [7, 11) is 0. The third-order valence-electron chi connectivity index (χ3n) is 4.79. The Hall–Kier alpha value is -2.71. The number of nitrogens with zero attached hydrogens (tertiary/aromatic N) is 5. The van der Waals surface area contributed by atoms with E-state index in [1.807, 2.05) is 22.9 Å². The van der Waals surface area contributed by atoms with Gasteiger partial charge in [0.2, 0.25) is 0 Å². The number of rotatable bonds is 4. The molecule has 1 aromatic carbocycles. The summed E-state index contributed by atoms with van der Waals surface area (Å²) in [5.41, 5.74) is 2.79.